The first-order chi connectivity index (χ1) is 11.3. The molecule has 3 unspecified atom stereocenters. The second-order valence-corrected chi connectivity index (χ2v) is 6.95. The second kappa shape index (κ2) is 10.3. The number of aliphatic hydroxyl groups excluding tert-OH is 1. The molecule has 0 radical (unpaired) electrons. The Morgan fingerprint density at radius 3 is 2.75 bits per heavy atom. The minimum Gasteiger partial charge on any atom is -0.466 e. The number of carbonyl (C=O) groups excluding carboxylic acids is 1. The first kappa shape index (κ1) is 20.4. The van der Waals surface area contributed by atoms with Gasteiger partial charge in [0.05, 0.1) is 13.2 Å². The Bertz CT molecular complexity index is 533. The first-order valence-electron chi connectivity index (χ1n) is 8.79. The number of aliphatic hydroxyl groups is 1. The van der Waals surface area contributed by atoms with Gasteiger partial charge in [-0.2, -0.15) is 0 Å². The summed E-state index contributed by atoms with van der Waals surface area (Å²) in [5.74, 6) is 0.230. The van der Waals surface area contributed by atoms with Crippen LogP contribution in [-0.4, -0.2) is 24.3 Å². The average molecular weight is 332 g/mol. The normalized spacial score (nSPS) is 22.9. The SMILES string of the molecule is COC(=O)/C(=C\C=C\C(C)C1CCC(C)=CC1O)CCC=C(C)C. The van der Waals surface area contributed by atoms with Crippen molar-refractivity contribution in [3.63, 3.8) is 0 Å². The van der Waals surface area contributed by atoms with E-state index < -0.39 is 0 Å². The van der Waals surface area contributed by atoms with Gasteiger partial charge >= 0.3 is 5.97 Å². The fourth-order valence-electron chi connectivity index (χ4n) is 3.03. The molecule has 0 fully saturated rings. The molecule has 3 nitrogen and oxygen atoms in total. The summed E-state index contributed by atoms with van der Waals surface area (Å²) in [5.41, 5.74) is 3.19. The molecule has 3 atom stereocenters. The number of hydrogen-bond acceptors (Lipinski definition) is 3. The van der Waals surface area contributed by atoms with Gasteiger partial charge in [-0.1, -0.05) is 48.5 Å². The predicted molar refractivity (Wildman–Crippen MR) is 99.6 cm³/mol. The Labute approximate surface area is 146 Å². The lowest BCUT2D eigenvalue weighted by atomic mass is 9.79. The highest BCUT2D eigenvalue weighted by molar-refractivity contribution is 5.88. The third-order valence-corrected chi connectivity index (χ3v) is 4.57. The highest BCUT2D eigenvalue weighted by atomic mass is 16.5. The zero-order valence-corrected chi connectivity index (χ0v) is 15.7. The topological polar surface area (TPSA) is 46.5 Å². The largest absolute Gasteiger partial charge is 0.466 e. The lowest BCUT2D eigenvalue weighted by molar-refractivity contribution is -0.136. The van der Waals surface area contributed by atoms with Crippen molar-refractivity contribution in [3.8, 4) is 0 Å². The highest BCUT2D eigenvalue weighted by Crippen LogP contribution is 2.30. The van der Waals surface area contributed by atoms with Crippen molar-refractivity contribution in [2.45, 2.75) is 59.5 Å². The van der Waals surface area contributed by atoms with E-state index >= 15 is 0 Å². The van der Waals surface area contributed by atoms with Crippen LogP contribution in [0.25, 0.3) is 0 Å². The maximum absolute atomic E-state index is 11.9. The van der Waals surface area contributed by atoms with Crippen LogP contribution in [0.5, 0.6) is 0 Å². The summed E-state index contributed by atoms with van der Waals surface area (Å²) in [4.78, 5) is 11.9. The minimum atomic E-state index is -0.375. The summed E-state index contributed by atoms with van der Waals surface area (Å²) in [6.07, 6.45) is 13.1. The Morgan fingerprint density at radius 2 is 2.17 bits per heavy atom. The van der Waals surface area contributed by atoms with Gasteiger partial charge in [0.15, 0.2) is 0 Å². The van der Waals surface area contributed by atoms with Gasteiger partial charge in [-0.3, -0.25) is 0 Å². The summed E-state index contributed by atoms with van der Waals surface area (Å²) in [6, 6.07) is 0. The number of hydrogen-bond donors (Lipinski definition) is 1. The minimum absolute atomic E-state index is 0.241. The molecule has 1 N–H and O–H groups in total. The summed E-state index contributed by atoms with van der Waals surface area (Å²) in [5, 5.41) is 10.2. The molecule has 0 aliphatic heterocycles. The molecule has 0 heterocycles. The molecule has 24 heavy (non-hydrogen) atoms. The van der Waals surface area contributed by atoms with Crippen LogP contribution in [0.15, 0.2) is 47.1 Å². The van der Waals surface area contributed by atoms with E-state index in [1.165, 1.54) is 18.3 Å². The van der Waals surface area contributed by atoms with E-state index in [0.29, 0.717) is 12.0 Å². The molecular weight excluding hydrogens is 300 g/mol. The Kier molecular flexibility index (Phi) is 8.77. The summed E-state index contributed by atoms with van der Waals surface area (Å²) in [7, 11) is 1.41. The van der Waals surface area contributed by atoms with Gasteiger partial charge in [-0.25, -0.2) is 4.79 Å². The number of carbonyl (C=O) groups is 1. The van der Waals surface area contributed by atoms with E-state index in [2.05, 4.69) is 39.8 Å². The monoisotopic (exact) mass is 332 g/mol. The third kappa shape index (κ3) is 6.88. The van der Waals surface area contributed by atoms with Crippen molar-refractivity contribution >= 4 is 5.97 Å². The Hall–Kier alpha value is -1.61. The molecule has 0 aromatic carbocycles. The second-order valence-electron chi connectivity index (χ2n) is 6.95. The van der Waals surface area contributed by atoms with Gasteiger partial charge in [0.2, 0.25) is 0 Å². The quantitative estimate of drug-likeness (QED) is 0.317. The third-order valence-electron chi connectivity index (χ3n) is 4.57. The maximum atomic E-state index is 11.9. The fourth-order valence-corrected chi connectivity index (χ4v) is 3.03. The van der Waals surface area contributed by atoms with E-state index in [-0.39, 0.29) is 23.9 Å². The van der Waals surface area contributed by atoms with Crippen LogP contribution in [0.3, 0.4) is 0 Å². The highest BCUT2D eigenvalue weighted by Gasteiger charge is 2.25. The number of allylic oxidation sites excluding steroid dienone is 6. The average Bonchev–Trinajstić information content (AvgIpc) is 2.52. The van der Waals surface area contributed by atoms with Gasteiger partial charge in [0.25, 0.3) is 0 Å². The molecule has 0 aromatic rings. The van der Waals surface area contributed by atoms with Gasteiger partial charge < -0.3 is 9.84 Å². The van der Waals surface area contributed by atoms with Crippen LogP contribution in [0, 0.1) is 11.8 Å². The standard InChI is InChI=1S/C21H32O3/c1-15(2)8-6-10-18(21(23)24-5)11-7-9-17(4)19-13-12-16(3)14-20(19)22/h7-9,11,14,17,19-20,22H,6,10,12-13H2,1-5H3/b9-7+,18-11-. The lowest BCUT2D eigenvalue weighted by Crippen LogP contribution is -2.27. The van der Waals surface area contributed by atoms with E-state index in [0.717, 1.165) is 19.3 Å². The van der Waals surface area contributed by atoms with Gasteiger partial charge in [0.1, 0.15) is 0 Å². The van der Waals surface area contributed by atoms with Crippen molar-refractivity contribution in [1.82, 2.24) is 0 Å². The van der Waals surface area contributed by atoms with Gasteiger partial charge in [-0.05, 0) is 58.3 Å². The first-order valence-corrected chi connectivity index (χ1v) is 8.79. The van der Waals surface area contributed by atoms with Crippen LogP contribution < -0.4 is 0 Å². The number of rotatable bonds is 7. The Morgan fingerprint density at radius 1 is 1.46 bits per heavy atom. The van der Waals surface area contributed by atoms with E-state index in [9.17, 15) is 9.90 Å². The summed E-state index contributed by atoms with van der Waals surface area (Å²) < 4.78 is 4.86. The van der Waals surface area contributed by atoms with Crippen LogP contribution in [0.1, 0.15) is 53.4 Å². The van der Waals surface area contributed by atoms with Crippen LogP contribution in [0.2, 0.25) is 0 Å². The molecule has 0 aromatic heterocycles. The predicted octanol–water partition coefficient (Wildman–Crippen LogP) is 4.74. The number of esters is 1. The zero-order chi connectivity index (χ0) is 18.1. The lowest BCUT2D eigenvalue weighted by Gasteiger charge is -2.29. The molecule has 0 amide bonds. The van der Waals surface area contributed by atoms with E-state index in [1.807, 2.05) is 18.2 Å². The molecule has 1 aliphatic rings. The molecular formula is C21H32O3. The zero-order valence-electron chi connectivity index (χ0n) is 15.7. The van der Waals surface area contributed by atoms with Gasteiger partial charge in [0, 0.05) is 5.57 Å². The van der Waals surface area contributed by atoms with Crippen LogP contribution in [-0.2, 0) is 9.53 Å². The van der Waals surface area contributed by atoms with E-state index in [4.69, 9.17) is 4.74 Å². The molecule has 1 rings (SSSR count). The van der Waals surface area contributed by atoms with Crippen LogP contribution >= 0.6 is 0 Å². The van der Waals surface area contributed by atoms with Crippen molar-refractivity contribution in [1.29, 1.82) is 0 Å². The maximum Gasteiger partial charge on any atom is 0.333 e. The fraction of sp³-hybridized carbons (Fsp3) is 0.571. The molecule has 0 bridgehead atoms. The molecule has 0 saturated carbocycles. The van der Waals surface area contributed by atoms with Crippen LogP contribution in [0.4, 0.5) is 0 Å². The van der Waals surface area contributed by atoms with Crippen molar-refractivity contribution in [2.75, 3.05) is 7.11 Å². The number of methoxy groups -OCH3 is 1. The summed E-state index contributed by atoms with van der Waals surface area (Å²) >= 11 is 0. The smallest absolute Gasteiger partial charge is 0.333 e. The Balaban J connectivity index is 2.71. The molecule has 0 saturated heterocycles. The van der Waals surface area contributed by atoms with E-state index in [1.54, 1.807) is 0 Å². The number of ether oxygens (including phenoxy) is 1. The molecule has 0 spiro atoms. The summed E-state index contributed by atoms with van der Waals surface area (Å²) in [6.45, 7) is 8.29. The van der Waals surface area contributed by atoms with Crippen molar-refractivity contribution in [3.05, 3.63) is 47.1 Å². The molecule has 1 aliphatic carbocycles. The van der Waals surface area contributed by atoms with Crippen molar-refractivity contribution < 1.29 is 14.6 Å². The van der Waals surface area contributed by atoms with Crippen molar-refractivity contribution in [2.24, 2.45) is 11.8 Å². The van der Waals surface area contributed by atoms with Gasteiger partial charge in [-0.15, -0.1) is 0 Å². The molecule has 134 valence electrons. The molecule has 3 heteroatoms.